The number of hydrogen-bond acceptors (Lipinski definition) is 3. The summed E-state index contributed by atoms with van der Waals surface area (Å²) < 4.78 is 0. The molecule has 2 atom stereocenters. The number of hydrogen-bond donors (Lipinski definition) is 1. The molecule has 3 heteroatoms. The van der Waals surface area contributed by atoms with Gasteiger partial charge in [0, 0.05) is 6.04 Å². The minimum absolute atomic E-state index is 0.389. The Bertz CT molecular complexity index is 195. The van der Waals surface area contributed by atoms with Gasteiger partial charge < -0.3 is 4.90 Å². The van der Waals surface area contributed by atoms with E-state index in [0.717, 1.165) is 19.4 Å². The van der Waals surface area contributed by atoms with Gasteiger partial charge in [-0.2, -0.15) is 5.26 Å². The smallest absolute Gasteiger partial charge is 0.105 e. The zero-order chi connectivity index (χ0) is 11.2. The van der Waals surface area contributed by atoms with Crippen molar-refractivity contribution in [3.63, 3.8) is 0 Å². The van der Waals surface area contributed by atoms with Gasteiger partial charge in [0.15, 0.2) is 0 Å². The zero-order valence-electron chi connectivity index (χ0n) is 10.1. The van der Waals surface area contributed by atoms with Gasteiger partial charge >= 0.3 is 0 Å². The fourth-order valence-electron chi connectivity index (χ4n) is 1.33. The first-order valence-corrected chi connectivity index (χ1v) is 5.28. The van der Waals surface area contributed by atoms with Crippen LogP contribution in [0.5, 0.6) is 0 Å². The third kappa shape index (κ3) is 4.59. The average Bonchev–Trinajstić information content (AvgIpc) is 2.14. The molecule has 0 aliphatic heterocycles. The molecule has 0 amide bonds. The van der Waals surface area contributed by atoms with Crippen LogP contribution in [0.15, 0.2) is 0 Å². The van der Waals surface area contributed by atoms with Gasteiger partial charge in [-0.15, -0.1) is 0 Å². The highest BCUT2D eigenvalue weighted by atomic mass is 15.1. The molecule has 0 aliphatic rings. The lowest BCUT2D eigenvalue weighted by Crippen LogP contribution is -2.46. The van der Waals surface area contributed by atoms with Crippen molar-refractivity contribution in [2.24, 2.45) is 0 Å². The second kappa shape index (κ2) is 6.00. The Morgan fingerprint density at radius 1 is 1.50 bits per heavy atom. The minimum atomic E-state index is -0.389. The van der Waals surface area contributed by atoms with E-state index >= 15 is 0 Å². The van der Waals surface area contributed by atoms with Crippen LogP contribution in [0.25, 0.3) is 0 Å². The van der Waals surface area contributed by atoms with E-state index < -0.39 is 0 Å². The Kier molecular flexibility index (Phi) is 5.75. The molecule has 0 heterocycles. The van der Waals surface area contributed by atoms with Gasteiger partial charge in [-0.1, -0.05) is 6.92 Å². The molecular formula is C11H23N3. The molecule has 0 spiro atoms. The van der Waals surface area contributed by atoms with Crippen molar-refractivity contribution in [2.75, 3.05) is 20.6 Å². The van der Waals surface area contributed by atoms with E-state index in [1.165, 1.54) is 0 Å². The predicted octanol–water partition coefficient (Wildman–Crippen LogP) is 1.61. The average molecular weight is 197 g/mol. The van der Waals surface area contributed by atoms with Crippen LogP contribution in [-0.4, -0.2) is 37.1 Å². The van der Waals surface area contributed by atoms with Crippen LogP contribution in [0.4, 0.5) is 0 Å². The highest BCUT2D eigenvalue weighted by Crippen LogP contribution is 2.13. The lowest BCUT2D eigenvalue weighted by molar-refractivity contribution is 0.250. The topological polar surface area (TPSA) is 39.1 Å². The maximum atomic E-state index is 9.11. The molecule has 2 unspecified atom stereocenters. The van der Waals surface area contributed by atoms with Crippen LogP contribution >= 0.6 is 0 Å². The summed E-state index contributed by atoms with van der Waals surface area (Å²) in [6, 6.07) is 2.78. The molecule has 0 bridgehead atoms. The standard InChI is InChI=1S/C11H23N3/c1-6-7-13-11(3,9-12)8-10(2)14(4)5/h10,13H,6-8H2,1-5H3. The van der Waals surface area contributed by atoms with Crippen LogP contribution in [-0.2, 0) is 0 Å². The lowest BCUT2D eigenvalue weighted by Gasteiger charge is -2.29. The lowest BCUT2D eigenvalue weighted by atomic mass is 9.94. The maximum absolute atomic E-state index is 9.11. The molecule has 0 aliphatic carbocycles. The van der Waals surface area contributed by atoms with Gasteiger partial charge in [0.1, 0.15) is 5.54 Å². The molecule has 3 nitrogen and oxygen atoms in total. The highest BCUT2D eigenvalue weighted by Gasteiger charge is 2.25. The molecule has 0 radical (unpaired) electrons. The van der Waals surface area contributed by atoms with Crippen LogP contribution in [0.2, 0.25) is 0 Å². The zero-order valence-corrected chi connectivity index (χ0v) is 10.1. The second-order valence-corrected chi connectivity index (χ2v) is 4.39. The van der Waals surface area contributed by atoms with Crippen molar-refractivity contribution in [2.45, 2.75) is 45.2 Å². The van der Waals surface area contributed by atoms with Gasteiger partial charge in [0.05, 0.1) is 6.07 Å². The van der Waals surface area contributed by atoms with Gasteiger partial charge in [-0.05, 0) is 47.3 Å². The number of rotatable bonds is 6. The van der Waals surface area contributed by atoms with Crippen molar-refractivity contribution in [3.8, 4) is 6.07 Å². The molecular weight excluding hydrogens is 174 g/mol. The predicted molar refractivity (Wildman–Crippen MR) is 60.1 cm³/mol. The van der Waals surface area contributed by atoms with Crippen LogP contribution in [0, 0.1) is 11.3 Å². The maximum Gasteiger partial charge on any atom is 0.105 e. The summed E-state index contributed by atoms with van der Waals surface area (Å²) in [5.41, 5.74) is -0.389. The van der Waals surface area contributed by atoms with E-state index in [2.05, 4.69) is 30.1 Å². The molecule has 1 N–H and O–H groups in total. The van der Waals surface area contributed by atoms with Crippen molar-refractivity contribution >= 4 is 0 Å². The van der Waals surface area contributed by atoms with Crippen LogP contribution in [0.1, 0.15) is 33.6 Å². The van der Waals surface area contributed by atoms with E-state index in [4.69, 9.17) is 5.26 Å². The molecule has 0 aromatic carbocycles. The first-order valence-electron chi connectivity index (χ1n) is 5.28. The number of nitriles is 1. The van der Waals surface area contributed by atoms with Crippen molar-refractivity contribution in [1.82, 2.24) is 10.2 Å². The van der Waals surface area contributed by atoms with Gasteiger partial charge in [0.2, 0.25) is 0 Å². The van der Waals surface area contributed by atoms with Crippen molar-refractivity contribution < 1.29 is 0 Å². The normalized spacial score (nSPS) is 17.5. The van der Waals surface area contributed by atoms with Gasteiger partial charge in [-0.25, -0.2) is 0 Å². The molecule has 0 aromatic heterocycles. The monoisotopic (exact) mass is 197 g/mol. The number of nitrogens with one attached hydrogen (secondary N) is 1. The SMILES string of the molecule is CCCNC(C)(C#N)CC(C)N(C)C. The molecule has 0 fully saturated rings. The minimum Gasteiger partial charge on any atom is -0.307 e. The summed E-state index contributed by atoms with van der Waals surface area (Å²) in [7, 11) is 4.09. The Morgan fingerprint density at radius 3 is 2.43 bits per heavy atom. The van der Waals surface area contributed by atoms with Crippen LogP contribution in [0.3, 0.4) is 0 Å². The van der Waals surface area contributed by atoms with Gasteiger partial charge in [-0.3, -0.25) is 5.32 Å². The molecule has 82 valence electrons. The van der Waals surface area contributed by atoms with E-state index in [1.807, 2.05) is 21.0 Å². The Hall–Kier alpha value is -0.590. The Labute approximate surface area is 88.1 Å². The molecule has 0 rings (SSSR count). The third-order valence-corrected chi connectivity index (χ3v) is 2.60. The summed E-state index contributed by atoms with van der Waals surface area (Å²) in [5, 5.41) is 12.4. The van der Waals surface area contributed by atoms with E-state index in [9.17, 15) is 0 Å². The third-order valence-electron chi connectivity index (χ3n) is 2.60. The Balaban J connectivity index is 4.19. The van der Waals surface area contributed by atoms with Crippen molar-refractivity contribution in [1.29, 1.82) is 5.26 Å². The summed E-state index contributed by atoms with van der Waals surface area (Å²) in [5.74, 6) is 0. The molecule has 0 saturated heterocycles. The highest BCUT2D eigenvalue weighted by molar-refractivity contribution is 5.05. The van der Waals surface area contributed by atoms with Crippen LogP contribution < -0.4 is 5.32 Å². The first-order chi connectivity index (χ1) is 6.45. The largest absolute Gasteiger partial charge is 0.307 e. The molecule has 0 saturated carbocycles. The summed E-state index contributed by atoms with van der Waals surface area (Å²) in [6.45, 7) is 7.14. The first kappa shape index (κ1) is 13.4. The van der Waals surface area contributed by atoms with E-state index in [0.29, 0.717) is 6.04 Å². The Morgan fingerprint density at radius 2 is 2.07 bits per heavy atom. The molecule has 14 heavy (non-hydrogen) atoms. The summed E-state index contributed by atoms with van der Waals surface area (Å²) in [6.07, 6.45) is 1.92. The molecule has 0 aromatic rings. The van der Waals surface area contributed by atoms with E-state index in [1.54, 1.807) is 0 Å². The van der Waals surface area contributed by atoms with Crippen molar-refractivity contribution in [3.05, 3.63) is 0 Å². The van der Waals surface area contributed by atoms with Gasteiger partial charge in [0.25, 0.3) is 0 Å². The second-order valence-electron chi connectivity index (χ2n) is 4.39. The fourth-order valence-corrected chi connectivity index (χ4v) is 1.33. The summed E-state index contributed by atoms with van der Waals surface area (Å²) >= 11 is 0. The van der Waals surface area contributed by atoms with E-state index in [-0.39, 0.29) is 5.54 Å². The summed E-state index contributed by atoms with van der Waals surface area (Å²) in [4.78, 5) is 2.14. The quantitative estimate of drug-likeness (QED) is 0.703. The number of nitrogens with zero attached hydrogens (tertiary/aromatic N) is 2. The fraction of sp³-hybridized carbons (Fsp3) is 0.909.